The van der Waals surface area contributed by atoms with Gasteiger partial charge in [-0.3, -0.25) is 9.10 Å². The van der Waals surface area contributed by atoms with Crippen molar-refractivity contribution >= 4 is 21.6 Å². The number of carbonyl (C=O) groups is 1. The maximum absolute atomic E-state index is 12.2. The van der Waals surface area contributed by atoms with Crippen LogP contribution in [0.5, 0.6) is 5.75 Å². The fourth-order valence-electron chi connectivity index (χ4n) is 2.14. The van der Waals surface area contributed by atoms with Crippen LogP contribution in [0.3, 0.4) is 0 Å². The first-order valence-electron chi connectivity index (χ1n) is 6.91. The molecule has 116 valence electrons. The minimum absolute atomic E-state index is 0.00819. The van der Waals surface area contributed by atoms with Gasteiger partial charge in [0.2, 0.25) is 10.0 Å². The molecular weight excluding hydrogens is 292 g/mol. The summed E-state index contributed by atoms with van der Waals surface area (Å²) >= 11 is 0. The van der Waals surface area contributed by atoms with Gasteiger partial charge < -0.3 is 10.1 Å². The molecule has 0 saturated heterocycles. The summed E-state index contributed by atoms with van der Waals surface area (Å²) in [6, 6.07) is 6.81. The van der Waals surface area contributed by atoms with E-state index in [0.29, 0.717) is 11.4 Å². The summed E-state index contributed by atoms with van der Waals surface area (Å²) in [5.41, 5.74) is 0.480. The van der Waals surface area contributed by atoms with Crippen LogP contribution >= 0.6 is 0 Å². The fourth-order valence-corrected chi connectivity index (χ4v) is 3.26. The lowest BCUT2D eigenvalue weighted by atomic mass is 10.2. The molecule has 1 aromatic carbocycles. The third-order valence-corrected chi connectivity index (χ3v) is 4.91. The second kappa shape index (κ2) is 5.93. The van der Waals surface area contributed by atoms with E-state index >= 15 is 0 Å². The molecule has 0 fully saturated rings. The predicted octanol–water partition coefficient (Wildman–Crippen LogP) is 1.13. The Kier molecular flexibility index (Phi) is 4.41. The number of sulfonamides is 1. The minimum Gasteiger partial charge on any atom is -0.476 e. The van der Waals surface area contributed by atoms with Gasteiger partial charge in [0, 0.05) is 6.04 Å². The van der Waals surface area contributed by atoms with Gasteiger partial charge in [-0.1, -0.05) is 12.1 Å². The number of hydrogen-bond donors (Lipinski definition) is 1. The van der Waals surface area contributed by atoms with Crippen LogP contribution in [-0.4, -0.2) is 38.8 Å². The molecule has 0 radical (unpaired) electrons. The van der Waals surface area contributed by atoms with Gasteiger partial charge in [-0.15, -0.1) is 0 Å². The zero-order valence-corrected chi connectivity index (χ0v) is 13.2. The van der Waals surface area contributed by atoms with Crippen molar-refractivity contribution in [2.75, 3.05) is 16.6 Å². The largest absolute Gasteiger partial charge is 0.476 e. The van der Waals surface area contributed by atoms with Crippen molar-refractivity contribution in [3.63, 3.8) is 0 Å². The highest BCUT2D eigenvalue weighted by Crippen LogP contribution is 2.34. The molecule has 1 heterocycles. The summed E-state index contributed by atoms with van der Waals surface area (Å²) in [5.74, 6) is 0.0698. The van der Waals surface area contributed by atoms with Crippen LogP contribution in [0.4, 0.5) is 5.69 Å². The third-order valence-electron chi connectivity index (χ3n) is 3.16. The minimum atomic E-state index is -3.46. The number of amides is 1. The number of anilines is 1. The van der Waals surface area contributed by atoms with Gasteiger partial charge in [0.05, 0.1) is 18.0 Å². The SMILES string of the molecule is CCS(=O)(=O)N1CC(C(=O)NC(C)C)Oc2ccccc21. The predicted molar refractivity (Wildman–Crippen MR) is 80.9 cm³/mol. The number of ether oxygens (including phenoxy) is 1. The van der Waals surface area contributed by atoms with E-state index in [4.69, 9.17) is 4.74 Å². The van der Waals surface area contributed by atoms with Gasteiger partial charge in [0.25, 0.3) is 5.91 Å². The number of nitrogens with zero attached hydrogens (tertiary/aromatic N) is 1. The first-order valence-corrected chi connectivity index (χ1v) is 8.52. The molecule has 0 aliphatic carbocycles. The monoisotopic (exact) mass is 312 g/mol. The molecule has 1 aromatic rings. The molecule has 1 N–H and O–H groups in total. The Labute approximate surface area is 125 Å². The Morgan fingerprint density at radius 2 is 2.10 bits per heavy atom. The summed E-state index contributed by atoms with van der Waals surface area (Å²) in [6.45, 7) is 5.26. The summed E-state index contributed by atoms with van der Waals surface area (Å²) < 4.78 is 31.4. The molecular formula is C14H20N2O4S. The Morgan fingerprint density at radius 1 is 1.43 bits per heavy atom. The molecule has 7 heteroatoms. The number of nitrogens with one attached hydrogen (secondary N) is 1. The molecule has 0 spiro atoms. The van der Waals surface area contributed by atoms with E-state index in [9.17, 15) is 13.2 Å². The molecule has 1 atom stereocenters. The maximum atomic E-state index is 12.2. The molecule has 1 aliphatic rings. The second-order valence-corrected chi connectivity index (χ2v) is 7.35. The standard InChI is InChI=1S/C14H20N2O4S/c1-4-21(18,19)16-9-13(14(17)15-10(2)3)20-12-8-6-5-7-11(12)16/h5-8,10,13H,4,9H2,1-3H3,(H,15,17). The van der Waals surface area contributed by atoms with Crippen LogP contribution in [0.2, 0.25) is 0 Å². The van der Waals surface area contributed by atoms with Gasteiger partial charge in [-0.2, -0.15) is 0 Å². The highest BCUT2D eigenvalue weighted by molar-refractivity contribution is 7.92. The lowest BCUT2D eigenvalue weighted by Crippen LogP contribution is -2.52. The Bertz CT molecular complexity index is 628. The lowest BCUT2D eigenvalue weighted by molar-refractivity contribution is -0.128. The zero-order chi connectivity index (χ0) is 15.6. The fraction of sp³-hybridized carbons (Fsp3) is 0.500. The van der Waals surface area contributed by atoms with Crippen molar-refractivity contribution in [2.45, 2.75) is 32.9 Å². The van der Waals surface area contributed by atoms with Crippen molar-refractivity contribution in [3.05, 3.63) is 24.3 Å². The molecule has 1 aliphatic heterocycles. The average Bonchev–Trinajstić information content (AvgIpc) is 2.45. The van der Waals surface area contributed by atoms with Gasteiger partial charge >= 0.3 is 0 Å². The summed E-state index contributed by atoms with van der Waals surface area (Å²) in [6.07, 6.45) is -0.844. The van der Waals surface area contributed by atoms with Crippen molar-refractivity contribution < 1.29 is 17.9 Å². The van der Waals surface area contributed by atoms with E-state index in [0.717, 1.165) is 0 Å². The van der Waals surface area contributed by atoms with Gasteiger partial charge in [0.1, 0.15) is 5.75 Å². The summed E-state index contributed by atoms with van der Waals surface area (Å²) in [4.78, 5) is 12.1. The van der Waals surface area contributed by atoms with Gasteiger partial charge in [-0.05, 0) is 32.9 Å². The number of carbonyl (C=O) groups excluding carboxylic acids is 1. The normalized spacial score (nSPS) is 18.1. The van der Waals surface area contributed by atoms with E-state index in [1.807, 2.05) is 13.8 Å². The van der Waals surface area contributed by atoms with E-state index in [1.54, 1.807) is 31.2 Å². The first-order chi connectivity index (χ1) is 9.85. The number of hydrogen-bond acceptors (Lipinski definition) is 4. The Hall–Kier alpha value is -1.76. The zero-order valence-electron chi connectivity index (χ0n) is 12.4. The Balaban J connectivity index is 2.36. The quantitative estimate of drug-likeness (QED) is 0.904. The maximum Gasteiger partial charge on any atom is 0.263 e. The number of benzene rings is 1. The smallest absolute Gasteiger partial charge is 0.263 e. The molecule has 2 rings (SSSR count). The third kappa shape index (κ3) is 3.29. The first kappa shape index (κ1) is 15.6. The molecule has 6 nitrogen and oxygen atoms in total. The van der Waals surface area contributed by atoms with Crippen molar-refractivity contribution in [1.29, 1.82) is 0 Å². The van der Waals surface area contributed by atoms with E-state index in [-0.39, 0.29) is 24.2 Å². The van der Waals surface area contributed by atoms with Gasteiger partial charge in [-0.25, -0.2) is 8.42 Å². The van der Waals surface area contributed by atoms with Crippen molar-refractivity contribution in [3.8, 4) is 5.75 Å². The molecule has 0 bridgehead atoms. The molecule has 1 amide bonds. The lowest BCUT2D eigenvalue weighted by Gasteiger charge is -2.34. The van der Waals surface area contributed by atoms with Crippen LogP contribution in [-0.2, 0) is 14.8 Å². The number of para-hydroxylation sites is 2. The highest BCUT2D eigenvalue weighted by atomic mass is 32.2. The Morgan fingerprint density at radius 3 is 2.71 bits per heavy atom. The van der Waals surface area contributed by atoms with Crippen LogP contribution < -0.4 is 14.4 Å². The van der Waals surface area contributed by atoms with Crippen molar-refractivity contribution in [1.82, 2.24) is 5.32 Å². The van der Waals surface area contributed by atoms with E-state index < -0.39 is 16.1 Å². The van der Waals surface area contributed by atoms with Crippen LogP contribution in [0.25, 0.3) is 0 Å². The molecule has 21 heavy (non-hydrogen) atoms. The van der Waals surface area contributed by atoms with Crippen LogP contribution in [0.1, 0.15) is 20.8 Å². The van der Waals surface area contributed by atoms with Gasteiger partial charge in [0.15, 0.2) is 6.10 Å². The van der Waals surface area contributed by atoms with E-state index in [2.05, 4.69) is 5.32 Å². The topological polar surface area (TPSA) is 75.7 Å². The number of rotatable bonds is 4. The molecule has 0 saturated carbocycles. The second-order valence-electron chi connectivity index (χ2n) is 5.17. The average molecular weight is 312 g/mol. The summed E-state index contributed by atoms with van der Waals surface area (Å²) in [7, 11) is -3.46. The van der Waals surface area contributed by atoms with Crippen LogP contribution in [0.15, 0.2) is 24.3 Å². The molecule has 0 aromatic heterocycles. The highest BCUT2D eigenvalue weighted by Gasteiger charge is 2.35. The molecule has 1 unspecified atom stereocenters. The summed E-state index contributed by atoms with van der Waals surface area (Å²) in [5, 5.41) is 2.75. The number of fused-ring (bicyclic) bond motifs is 1. The van der Waals surface area contributed by atoms with Crippen LogP contribution in [0, 0.1) is 0 Å². The van der Waals surface area contributed by atoms with E-state index in [1.165, 1.54) is 4.31 Å². The van der Waals surface area contributed by atoms with Crippen molar-refractivity contribution in [2.24, 2.45) is 0 Å².